The molecule has 2 unspecified atom stereocenters. The second kappa shape index (κ2) is 6.99. The lowest BCUT2D eigenvalue weighted by atomic mass is 9.92. The van der Waals surface area contributed by atoms with Crippen LogP contribution in [0.15, 0.2) is 18.2 Å². The molecule has 0 aromatic heterocycles. The van der Waals surface area contributed by atoms with E-state index < -0.39 is 0 Å². The molecule has 1 aliphatic rings. The molecular weight excluding hydrogens is 284 g/mol. The SMILES string of the molecule is CCC1CNC(C)(CC)CN1Cc1cc(Cl)ccc1OC. The first-order valence-electron chi connectivity index (χ1n) is 7.82. The van der Waals surface area contributed by atoms with Crippen molar-refractivity contribution in [3.8, 4) is 5.75 Å². The first kappa shape index (κ1) is 16.6. The van der Waals surface area contributed by atoms with Crippen molar-refractivity contribution < 1.29 is 4.74 Å². The van der Waals surface area contributed by atoms with Crippen LogP contribution in [0.25, 0.3) is 0 Å². The van der Waals surface area contributed by atoms with Gasteiger partial charge in [0.25, 0.3) is 0 Å². The topological polar surface area (TPSA) is 24.5 Å². The number of hydrogen-bond donors (Lipinski definition) is 1. The number of ether oxygens (including phenoxy) is 1. The van der Waals surface area contributed by atoms with Crippen molar-refractivity contribution in [3.05, 3.63) is 28.8 Å². The van der Waals surface area contributed by atoms with Gasteiger partial charge in [-0.2, -0.15) is 0 Å². The van der Waals surface area contributed by atoms with E-state index in [9.17, 15) is 0 Å². The minimum Gasteiger partial charge on any atom is -0.496 e. The van der Waals surface area contributed by atoms with Crippen LogP contribution in [0.1, 0.15) is 39.2 Å². The average molecular weight is 311 g/mol. The Morgan fingerprint density at radius 1 is 1.43 bits per heavy atom. The largest absolute Gasteiger partial charge is 0.496 e. The smallest absolute Gasteiger partial charge is 0.123 e. The molecule has 0 spiro atoms. The fraction of sp³-hybridized carbons (Fsp3) is 0.647. The molecular formula is C17H27ClN2O. The predicted molar refractivity (Wildman–Crippen MR) is 89.2 cm³/mol. The molecule has 0 saturated carbocycles. The lowest BCUT2D eigenvalue weighted by molar-refractivity contribution is 0.0748. The number of nitrogens with one attached hydrogen (secondary N) is 1. The molecule has 2 atom stereocenters. The molecule has 0 radical (unpaired) electrons. The zero-order valence-electron chi connectivity index (χ0n) is 13.6. The summed E-state index contributed by atoms with van der Waals surface area (Å²) in [5, 5.41) is 4.47. The fourth-order valence-corrected chi connectivity index (χ4v) is 3.24. The summed E-state index contributed by atoms with van der Waals surface area (Å²) in [7, 11) is 1.72. The molecule has 3 nitrogen and oxygen atoms in total. The van der Waals surface area contributed by atoms with E-state index in [4.69, 9.17) is 16.3 Å². The van der Waals surface area contributed by atoms with Gasteiger partial charge >= 0.3 is 0 Å². The number of piperazine rings is 1. The van der Waals surface area contributed by atoms with E-state index in [-0.39, 0.29) is 5.54 Å². The van der Waals surface area contributed by atoms with E-state index in [1.165, 1.54) is 5.56 Å². The van der Waals surface area contributed by atoms with Gasteiger partial charge in [-0.1, -0.05) is 25.4 Å². The van der Waals surface area contributed by atoms with Crippen LogP contribution >= 0.6 is 11.6 Å². The van der Waals surface area contributed by atoms with Crippen molar-refractivity contribution in [1.29, 1.82) is 0 Å². The Kier molecular flexibility index (Phi) is 5.53. The molecule has 1 aliphatic heterocycles. The Hall–Kier alpha value is -0.770. The minimum atomic E-state index is 0.192. The average Bonchev–Trinajstić information content (AvgIpc) is 2.48. The highest BCUT2D eigenvalue weighted by atomic mass is 35.5. The normalized spacial score (nSPS) is 26.8. The van der Waals surface area contributed by atoms with Crippen LogP contribution in [0.5, 0.6) is 5.75 Å². The highest BCUT2D eigenvalue weighted by Gasteiger charge is 2.33. The van der Waals surface area contributed by atoms with Crippen LogP contribution in [-0.2, 0) is 6.54 Å². The Morgan fingerprint density at radius 2 is 2.19 bits per heavy atom. The molecule has 0 bridgehead atoms. The molecule has 0 aliphatic carbocycles. The van der Waals surface area contributed by atoms with Gasteiger partial charge in [-0.3, -0.25) is 4.90 Å². The van der Waals surface area contributed by atoms with Gasteiger partial charge in [0.2, 0.25) is 0 Å². The number of nitrogens with zero attached hydrogens (tertiary/aromatic N) is 1. The van der Waals surface area contributed by atoms with E-state index in [1.54, 1.807) is 7.11 Å². The van der Waals surface area contributed by atoms with Crippen molar-refractivity contribution >= 4 is 11.6 Å². The van der Waals surface area contributed by atoms with Crippen LogP contribution in [0.2, 0.25) is 5.02 Å². The van der Waals surface area contributed by atoms with Gasteiger partial charge < -0.3 is 10.1 Å². The number of benzene rings is 1. The first-order valence-corrected chi connectivity index (χ1v) is 8.20. The first-order chi connectivity index (χ1) is 10.0. The third-order valence-electron chi connectivity index (χ3n) is 4.70. The molecule has 1 aromatic rings. The molecule has 118 valence electrons. The molecule has 1 N–H and O–H groups in total. The monoisotopic (exact) mass is 310 g/mol. The number of halogens is 1. The molecule has 1 aromatic carbocycles. The van der Waals surface area contributed by atoms with Crippen LogP contribution in [0.3, 0.4) is 0 Å². The molecule has 1 fully saturated rings. The summed E-state index contributed by atoms with van der Waals surface area (Å²) in [5.41, 5.74) is 1.36. The second-order valence-electron chi connectivity index (χ2n) is 6.22. The third kappa shape index (κ3) is 3.91. The molecule has 1 heterocycles. The fourth-order valence-electron chi connectivity index (χ4n) is 3.04. The van der Waals surface area contributed by atoms with E-state index in [0.717, 1.165) is 43.2 Å². The van der Waals surface area contributed by atoms with Gasteiger partial charge in [0, 0.05) is 41.8 Å². The zero-order valence-corrected chi connectivity index (χ0v) is 14.3. The van der Waals surface area contributed by atoms with Crippen molar-refractivity contribution in [1.82, 2.24) is 10.2 Å². The molecule has 4 heteroatoms. The number of rotatable bonds is 5. The highest BCUT2D eigenvalue weighted by Crippen LogP contribution is 2.28. The van der Waals surface area contributed by atoms with Gasteiger partial charge in [-0.15, -0.1) is 0 Å². The maximum absolute atomic E-state index is 6.16. The van der Waals surface area contributed by atoms with Gasteiger partial charge in [0.15, 0.2) is 0 Å². The number of methoxy groups -OCH3 is 1. The predicted octanol–water partition coefficient (Wildman–Crippen LogP) is 3.70. The zero-order chi connectivity index (χ0) is 15.5. The van der Waals surface area contributed by atoms with Crippen LogP contribution in [-0.4, -0.2) is 36.7 Å². The maximum atomic E-state index is 6.16. The summed E-state index contributed by atoms with van der Waals surface area (Å²) in [6, 6.07) is 6.43. The molecule has 0 amide bonds. The molecule has 2 rings (SSSR count). The van der Waals surface area contributed by atoms with Crippen molar-refractivity contribution in [2.45, 2.75) is 51.7 Å². The Balaban J connectivity index is 2.20. The molecule has 21 heavy (non-hydrogen) atoms. The highest BCUT2D eigenvalue weighted by molar-refractivity contribution is 6.30. The summed E-state index contributed by atoms with van der Waals surface area (Å²) in [5.74, 6) is 0.922. The second-order valence-corrected chi connectivity index (χ2v) is 6.65. The maximum Gasteiger partial charge on any atom is 0.123 e. The lowest BCUT2D eigenvalue weighted by Gasteiger charge is -2.46. The quantitative estimate of drug-likeness (QED) is 0.897. The van der Waals surface area contributed by atoms with Gasteiger partial charge in [0.05, 0.1) is 7.11 Å². The van der Waals surface area contributed by atoms with Gasteiger partial charge in [-0.05, 0) is 38.0 Å². The Labute approximate surface area is 133 Å². The van der Waals surface area contributed by atoms with Crippen molar-refractivity contribution in [2.24, 2.45) is 0 Å². The van der Waals surface area contributed by atoms with Crippen LogP contribution in [0.4, 0.5) is 0 Å². The summed E-state index contributed by atoms with van der Waals surface area (Å²) < 4.78 is 5.49. The van der Waals surface area contributed by atoms with Gasteiger partial charge in [-0.25, -0.2) is 0 Å². The summed E-state index contributed by atoms with van der Waals surface area (Å²) in [6.07, 6.45) is 2.28. The Bertz CT molecular complexity index is 480. The van der Waals surface area contributed by atoms with E-state index >= 15 is 0 Å². The Morgan fingerprint density at radius 3 is 2.81 bits per heavy atom. The standard InChI is InChI=1S/C17H27ClN2O/c1-5-15-10-19-17(3,6-2)12-20(15)11-13-9-14(18)7-8-16(13)21-4/h7-9,15,19H,5-6,10-12H2,1-4H3. The summed E-state index contributed by atoms with van der Waals surface area (Å²) in [4.78, 5) is 2.56. The van der Waals surface area contributed by atoms with E-state index in [1.807, 2.05) is 18.2 Å². The summed E-state index contributed by atoms with van der Waals surface area (Å²) >= 11 is 6.16. The van der Waals surface area contributed by atoms with Crippen molar-refractivity contribution in [2.75, 3.05) is 20.2 Å². The molecule has 1 saturated heterocycles. The van der Waals surface area contributed by atoms with Crippen LogP contribution in [0, 0.1) is 0 Å². The van der Waals surface area contributed by atoms with E-state index in [0.29, 0.717) is 6.04 Å². The minimum absolute atomic E-state index is 0.192. The summed E-state index contributed by atoms with van der Waals surface area (Å²) in [6.45, 7) is 9.79. The van der Waals surface area contributed by atoms with Crippen molar-refractivity contribution in [3.63, 3.8) is 0 Å². The van der Waals surface area contributed by atoms with Crippen LogP contribution < -0.4 is 10.1 Å². The lowest BCUT2D eigenvalue weighted by Crippen LogP contribution is -2.62. The third-order valence-corrected chi connectivity index (χ3v) is 4.94. The van der Waals surface area contributed by atoms with Gasteiger partial charge in [0.1, 0.15) is 5.75 Å². The van der Waals surface area contributed by atoms with E-state index in [2.05, 4.69) is 31.0 Å². The number of hydrogen-bond acceptors (Lipinski definition) is 3.